The summed E-state index contributed by atoms with van der Waals surface area (Å²) in [6.07, 6.45) is -0.740. The van der Waals surface area contributed by atoms with Crippen LogP contribution in [0.3, 0.4) is 0 Å². The summed E-state index contributed by atoms with van der Waals surface area (Å²) < 4.78 is 31.3. The first-order chi connectivity index (χ1) is 9.80. The molecular weight excluding hydrogens is 330 g/mol. The van der Waals surface area contributed by atoms with Crippen LogP contribution in [-0.2, 0) is 19.6 Å². The third-order valence-corrected chi connectivity index (χ3v) is 4.29. The van der Waals surface area contributed by atoms with E-state index in [1.54, 1.807) is 13.8 Å². The molecule has 1 rings (SSSR count). The van der Waals surface area contributed by atoms with Gasteiger partial charge in [-0.3, -0.25) is 4.79 Å². The molecule has 1 aromatic carbocycles. The minimum atomic E-state index is -3.54. The largest absolute Gasteiger partial charge is 0.370 e. The van der Waals surface area contributed by atoms with Crippen molar-refractivity contribution in [2.75, 3.05) is 19.0 Å². The number of hydrogen-bond acceptors (Lipinski definition) is 5. The van der Waals surface area contributed by atoms with Gasteiger partial charge in [0.15, 0.2) is 0 Å². The van der Waals surface area contributed by atoms with Gasteiger partial charge >= 0.3 is 0 Å². The van der Waals surface area contributed by atoms with E-state index in [9.17, 15) is 13.2 Å². The fourth-order valence-corrected chi connectivity index (χ4v) is 2.88. The van der Waals surface area contributed by atoms with Crippen LogP contribution in [0.2, 0.25) is 0 Å². The smallest absolute Gasteiger partial charge is 0.254 e. The number of amides is 1. The van der Waals surface area contributed by atoms with Gasteiger partial charge in [-0.1, -0.05) is 0 Å². The Labute approximate surface area is 137 Å². The number of carbonyl (C=O) groups excluding carboxylic acids is 1. The monoisotopic (exact) mass is 351 g/mol. The number of nitrogens with two attached hydrogens (primary N) is 1. The van der Waals surface area contributed by atoms with Gasteiger partial charge in [-0.25, -0.2) is 13.1 Å². The SMILES string of the molecule is COC(CN)C(=O)Nc1ccc(S(=O)(=O)NC(C)C)cc1.Cl. The number of ether oxygens (including phenoxy) is 1. The van der Waals surface area contributed by atoms with Crippen LogP contribution in [-0.4, -0.2) is 40.1 Å². The molecule has 0 aliphatic carbocycles. The highest BCUT2D eigenvalue weighted by molar-refractivity contribution is 7.89. The predicted molar refractivity (Wildman–Crippen MR) is 87.6 cm³/mol. The minimum Gasteiger partial charge on any atom is -0.370 e. The fourth-order valence-electron chi connectivity index (χ4n) is 1.63. The maximum atomic E-state index is 11.9. The van der Waals surface area contributed by atoms with Gasteiger partial charge in [0, 0.05) is 25.4 Å². The van der Waals surface area contributed by atoms with E-state index >= 15 is 0 Å². The average Bonchev–Trinajstić information content (AvgIpc) is 2.39. The Balaban J connectivity index is 0.00000441. The molecule has 0 spiro atoms. The Morgan fingerprint density at radius 1 is 1.27 bits per heavy atom. The van der Waals surface area contributed by atoms with E-state index < -0.39 is 16.1 Å². The van der Waals surface area contributed by atoms with Crippen LogP contribution in [0.15, 0.2) is 29.2 Å². The molecule has 1 unspecified atom stereocenters. The minimum absolute atomic E-state index is 0. The lowest BCUT2D eigenvalue weighted by Gasteiger charge is -2.13. The van der Waals surface area contributed by atoms with Crippen LogP contribution in [0.5, 0.6) is 0 Å². The lowest BCUT2D eigenvalue weighted by Crippen LogP contribution is -2.35. The second-order valence-electron chi connectivity index (χ2n) is 4.75. The van der Waals surface area contributed by atoms with Gasteiger partial charge in [-0.15, -0.1) is 12.4 Å². The number of rotatable bonds is 7. The van der Waals surface area contributed by atoms with E-state index in [4.69, 9.17) is 10.5 Å². The van der Waals surface area contributed by atoms with Crippen LogP contribution in [0.4, 0.5) is 5.69 Å². The van der Waals surface area contributed by atoms with E-state index in [0.717, 1.165) is 0 Å². The molecule has 0 bridgehead atoms. The van der Waals surface area contributed by atoms with Crippen LogP contribution >= 0.6 is 12.4 Å². The number of methoxy groups -OCH3 is 1. The molecule has 1 amide bonds. The van der Waals surface area contributed by atoms with Crippen molar-refractivity contribution in [3.8, 4) is 0 Å². The molecule has 9 heteroatoms. The Bertz CT molecular complexity index is 571. The van der Waals surface area contributed by atoms with Crippen molar-refractivity contribution in [3.05, 3.63) is 24.3 Å². The molecule has 22 heavy (non-hydrogen) atoms. The summed E-state index contributed by atoms with van der Waals surface area (Å²) in [5.41, 5.74) is 5.86. The summed E-state index contributed by atoms with van der Waals surface area (Å²) in [4.78, 5) is 11.9. The van der Waals surface area contributed by atoms with Crippen molar-refractivity contribution in [2.45, 2.75) is 30.9 Å². The Morgan fingerprint density at radius 2 is 1.82 bits per heavy atom. The molecule has 0 aromatic heterocycles. The Kier molecular flexibility index (Phi) is 8.57. The van der Waals surface area contributed by atoms with Crippen LogP contribution in [0.25, 0.3) is 0 Å². The molecule has 0 saturated heterocycles. The first kappa shape index (κ1) is 20.8. The third-order valence-electron chi connectivity index (χ3n) is 2.61. The van der Waals surface area contributed by atoms with Crippen molar-refractivity contribution >= 4 is 34.0 Å². The molecule has 0 saturated carbocycles. The number of sulfonamides is 1. The molecule has 0 radical (unpaired) electrons. The Morgan fingerprint density at radius 3 is 2.23 bits per heavy atom. The summed E-state index contributed by atoms with van der Waals surface area (Å²) in [6.45, 7) is 3.54. The first-order valence-corrected chi connectivity index (χ1v) is 7.94. The lowest BCUT2D eigenvalue weighted by atomic mass is 10.3. The standard InChI is InChI=1S/C13H21N3O4S.ClH/c1-9(2)16-21(18,19)11-6-4-10(5-7-11)15-13(17)12(8-14)20-3;/h4-7,9,12,16H,8,14H2,1-3H3,(H,15,17);1H. The second-order valence-corrected chi connectivity index (χ2v) is 6.46. The van der Waals surface area contributed by atoms with E-state index in [2.05, 4.69) is 10.0 Å². The summed E-state index contributed by atoms with van der Waals surface area (Å²) in [5, 5.41) is 2.60. The topological polar surface area (TPSA) is 111 Å². The second kappa shape index (κ2) is 9.06. The van der Waals surface area contributed by atoms with Gasteiger partial charge in [-0.2, -0.15) is 0 Å². The van der Waals surface area contributed by atoms with Gasteiger partial charge in [0.1, 0.15) is 6.10 Å². The van der Waals surface area contributed by atoms with E-state index in [0.29, 0.717) is 5.69 Å². The molecule has 0 heterocycles. The van der Waals surface area contributed by atoms with E-state index in [1.807, 2.05) is 0 Å². The predicted octanol–water partition coefficient (Wildman–Crippen LogP) is 0.707. The van der Waals surface area contributed by atoms with Gasteiger partial charge in [-0.05, 0) is 38.1 Å². The summed E-state index contributed by atoms with van der Waals surface area (Å²) >= 11 is 0. The van der Waals surface area contributed by atoms with Crippen LogP contribution in [0.1, 0.15) is 13.8 Å². The lowest BCUT2D eigenvalue weighted by molar-refractivity contribution is -0.125. The maximum absolute atomic E-state index is 11.9. The summed E-state index contributed by atoms with van der Waals surface area (Å²) in [5.74, 6) is -0.379. The van der Waals surface area contributed by atoms with Crippen molar-refractivity contribution in [3.63, 3.8) is 0 Å². The molecule has 1 atom stereocenters. The fraction of sp³-hybridized carbons (Fsp3) is 0.462. The zero-order valence-electron chi connectivity index (χ0n) is 12.7. The summed E-state index contributed by atoms with van der Waals surface area (Å²) in [7, 11) is -2.14. The first-order valence-electron chi connectivity index (χ1n) is 6.46. The number of anilines is 1. The summed E-state index contributed by atoms with van der Waals surface area (Å²) in [6, 6.07) is 5.67. The van der Waals surface area contributed by atoms with Gasteiger partial charge in [0.2, 0.25) is 10.0 Å². The van der Waals surface area contributed by atoms with Gasteiger partial charge < -0.3 is 15.8 Å². The molecule has 1 aromatic rings. The average molecular weight is 352 g/mol. The quantitative estimate of drug-likeness (QED) is 0.670. The maximum Gasteiger partial charge on any atom is 0.254 e. The van der Waals surface area contributed by atoms with Crippen molar-refractivity contribution in [1.29, 1.82) is 0 Å². The van der Waals surface area contributed by atoms with Gasteiger partial charge in [0.05, 0.1) is 4.90 Å². The van der Waals surface area contributed by atoms with E-state index in [1.165, 1.54) is 31.4 Å². The highest BCUT2D eigenvalue weighted by atomic mass is 35.5. The van der Waals surface area contributed by atoms with Crippen molar-refractivity contribution in [1.82, 2.24) is 4.72 Å². The molecule has 126 valence electrons. The molecular formula is C13H22ClN3O4S. The number of nitrogens with one attached hydrogen (secondary N) is 2. The molecule has 4 N–H and O–H groups in total. The highest BCUT2D eigenvalue weighted by Crippen LogP contribution is 2.14. The molecule has 0 fully saturated rings. The number of hydrogen-bond donors (Lipinski definition) is 3. The van der Waals surface area contributed by atoms with Crippen LogP contribution < -0.4 is 15.8 Å². The number of halogens is 1. The Hall–Kier alpha value is -1.19. The molecule has 0 aliphatic heterocycles. The zero-order chi connectivity index (χ0) is 16.0. The molecule has 7 nitrogen and oxygen atoms in total. The normalized spacial score (nSPS) is 12.6. The van der Waals surface area contributed by atoms with Crippen molar-refractivity contribution < 1.29 is 17.9 Å². The molecule has 0 aliphatic rings. The highest BCUT2D eigenvalue weighted by Gasteiger charge is 2.17. The number of benzene rings is 1. The van der Waals surface area contributed by atoms with Gasteiger partial charge in [0.25, 0.3) is 5.91 Å². The van der Waals surface area contributed by atoms with Crippen LogP contribution in [0, 0.1) is 0 Å². The van der Waals surface area contributed by atoms with Crippen molar-refractivity contribution in [2.24, 2.45) is 5.73 Å². The number of carbonyl (C=O) groups is 1. The van der Waals surface area contributed by atoms with E-state index in [-0.39, 0.29) is 35.8 Å². The zero-order valence-corrected chi connectivity index (χ0v) is 14.3. The third kappa shape index (κ3) is 5.90.